The summed E-state index contributed by atoms with van der Waals surface area (Å²) in [6.45, 7) is 5.58. The van der Waals surface area contributed by atoms with E-state index in [1.165, 1.54) is 23.9 Å². The zero-order valence-electron chi connectivity index (χ0n) is 16.0. The summed E-state index contributed by atoms with van der Waals surface area (Å²) in [5.74, 6) is -1.48. The normalized spacial score (nSPS) is 12.0. The number of hydrogen-bond acceptors (Lipinski definition) is 4. The van der Waals surface area contributed by atoms with Gasteiger partial charge < -0.3 is 10.4 Å². The van der Waals surface area contributed by atoms with Gasteiger partial charge in [-0.1, -0.05) is 29.3 Å². The Kier molecular flexibility index (Phi) is 5.95. The molecule has 0 spiro atoms. The fraction of sp³-hybridized carbons (Fsp3) is 0.263. The number of carbonyl (C=O) groups excluding carboxylic acids is 1. The van der Waals surface area contributed by atoms with Gasteiger partial charge in [0, 0.05) is 6.20 Å². The number of carbonyl (C=O) groups is 2. The van der Waals surface area contributed by atoms with Crippen LogP contribution in [0.1, 0.15) is 40.4 Å². The number of rotatable bonds is 6. The summed E-state index contributed by atoms with van der Waals surface area (Å²) in [4.78, 5) is 23.6. The first-order chi connectivity index (χ1) is 13.7. The summed E-state index contributed by atoms with van der Waals surface area (Å²) < 4.78 is 2.99. The average molecular weight is 436 g/mol. The van der Waals surface area contributed by atoms with Gasteiger partial charge in [-0.25, -0.2) is 4.79 Å². The number of hydrogen-bond donors (Lipinski definition) is 2. The topological polar surface area (TPSA) is 102 Å². The minimum absolute atomic E-state index is 0.120. The molecule has 1 unspecified atom stereocenters. The average Bonchev–Trinajstić information content (AvgIpc) is 3.25. The van der Waals surface area contributed by atoms with Gasteiger partial charge in [0.25, 0.3) is 5.91 Å². The molecule has 0 aliphatic heterocycles. The molecule has 152 valence electrons. The molecule has 0 saturated carbocycles. The molecule has 3 rings (SSSR count). The Labute approximate surface area is 177 Å². The number of aliphatic carboxylic acids is 1. The molecule has 1 atom stereocenters. The number of nitrogens with one attached hydrogen (secondary N) is 1. The molecule has 0 fully saturated rings. The van der Waals surface area contributed by atoms with Crippen LogP contribution in [-0.4, -0.2) is 36.5 Å². The van der Waals surface area contributed by atoms with Crippen molar-refractivity contribution in [2.45, 2.75) is 33.4 Å². The number of carboxylic acid groups (broad SMARTS) is 1. The third-order valence-electron chi connectivity index (χ3n) is 4.53. The van der Waals surface area contributed by atoms with Crippen LogP contribution in [-0.2, 0) is 11.3 Å². The molecule has 0 aliphatic rings. The predicted octanol–water partition coefficient (Wildman–Crippen LogP) is 3.95. The van der Waals surface area contributed by atoms with E-state index in [1.807, 2.05) is 13.0 Å². The van der Waals surface area contributed by atoms with Crippen LogP contribution in [0.3, 0.4) is 0 Å². The van der Waals surface area contributed by atoms with E-state index < -0.39 is 17.9 Å². The van der Waals surface area contributed by atoms with Crippen LogP contribution < -0.4 is 5.32 Å². The number of anilines is 1. The fourth-order valence-electron chi connectivity index (χ4n) is 2.81. The quantitative estimate of drug-likeness (QED) is 0.609. The van der Waals surface area contributed by atoms with Crippen molar-refractivity contribution in [3.8, 4) is 0 Å². The predicted molar refractivity (Wildman–Crippen MR) is 110 cm³/mol. The van der Waals surface area contributed by atoms with Gasteiger partial charge >= 0.3 is 5.97 Å². The highest BCUT2D eigenvalue weighted by molar-refractivity contribution is 6.42. The number of carboxylic acids is 1. The second-order valence-electron chi connectivity index (χ2n) is 6.60. The zero-order chi connectivity index (χ0) is 21.3. The van der Waals surface area contributed by atoms with Crippen LogP contribution in [0.15, 0.2) is 30.5 Å². The Bertz CT molecular complexity index is 1090. The van der Waals surface area contributed by atoms with E-state index in [-0.39, 0.29) is 5.69 Å². The first-order valence-corrected chi connectivity index (χ1v) is 9.50. The number of aryl methyl sites for hydroxylation is 1. The summed E-state index contributed by atoms with van der Waals surface area (Å²) in [6, 6.07) is 5.96. The highest BCUT2D eigenvalue weighted by Gasteiger charge is 2.20. The number of halogens is 2. The van der Waals surface area contributed by atoms with Crippen LogP contribution in [0.25, 0.3) is 0 Å². The van der Waals surface area contributed by atoms with Gasteiger partial charge in [0.2, 0.25) is 0 Å². The molecule has 0 bridgehead atoms. The van der Waals surface area contributed by atoms with Crippen molar-refractivity contribution in [3.63, 3.8) is 0 Å². The Morgan fingerprint density at radius 2 is 1.90 bits per heavy atom. The lowest BCUT2D eigenvalue weighted by Crippen LogP contribution is -2.18. The van der Waals surface area contributed by atoms with Crippen molar-refractivity contribution >= 4 is 40.8 Å². The second kappa shape index (κ2) is 8.26. The minimum Gasteiger partial charge on any atom is -0.480 e. The lowest BCUT2D eigenvalue weighted by molar-refractivity contribution is -0.140. The van der Waals surface area contributed by atoms with Gasteiger partial charge in [0.05, 0.1) is 33.7 Å². The molecule has 2 aromatic heterocycles. The monoisotopic (exact) mass is 435 g/mol. The van der Waals surface area contributed by atoms with Crippen LogP contribution in [0.4, 0.5) is 5.69 Å². The van der Waals surface area contributed by atoms with E-state index >= 15 is 0 Å². The van der Waals surface area contributed by atoms with Crippen LogP contribution in [0.5, 0.6) is 0 Å². The highest BCUT2D eigenvalue weighted by atomic mass is 35.5. The lowest BCUT2D eigenvalue weighted by Gasteiger charge is -2.08. The molecule has 0 aliphatic carbocycles. The maximum absolute atomic E-state index is 12.6. The summed E-state index contributed by atoms with van der Waals surface area (Å²) in [7, 11) is 0. The smallest absolute Gasteiger partial charge is 0.328 e. The molecule has 8 nitrogen and oxygen atoms in total. The highest BCUT2D eigenvalue weighted by Crippen LogP contribution is 2.25. The largest absolute Gasteiger partial charge is 0.480 e. The Morgan fingerprint density at radius 1 is 1.17 bits per heavy atom. The maximum Gasteiger partial charge on any atom is 0.328 e. The molecule has 3 aromatic rings. The lowest BCUT2D eigenvalue weighted by atomic mass is 10.2. The van der Waals surface area contributed by atoms with E-state index in [4.69, 9.17) is 28.3 Å². The summed E-state index contributed by atoms with van der Waals surface area (Å²) in [5.41, 5.74) is 3.03. The second-order valence-corrected chi connectivity index (χ2v) is 7.42. The van der Waals surface area contributed by atoms with Crippen LogP contribution in [0, 0.1) is 13.8 Å². The first kappa shape index (κ1) is 20.9. The first-order valence-electron chi connectivity index (χ1n) is 8.74. The van der Waals surface area contributed by atoms with Gasteiger partial charge in [0.15, 0.2) is 5.69 Å². The molecule has 10 heteroatoms. The molecule has 1 amide bonds. The van der Waals surface area contributed by atoms with Crippen molar-refractivity contribution < 1.29 is 14.7 Å². The number of amides is 1. The van der Waals surface area contributed by atoms with Gasteiger partial charge in [-0.05, 0) is 44.5 Å². The Balaban J connectivity index is 1.79. The Morgan fingerprint density at radius 3 is 2.55 bits per heavy atom. The van der Waals surface area contributed by atoms with Crippen molar-refractivity contribution in [1.29, 1.82) is 0 Å². The van der Waals surface area contributed by atoms with Crippen LogP contribution in [0.2, 0.25) is 10.0 Å². The molecule has 0 radical (unpaired) electrons. The van der Waals surface area contributed by atoms with Crippen molar-refractivity contribution in [2.75, 3.05) is 5.32 Å². The molecule has 1 aromatic carbocycles. The summed E-state index contributed by atoms with van der Waals surface area (Å²) in [6.07, 6.45) is 1.46. The minimum atomic E-state index is -1.03. The van der Waals surface area contributed by atoms with Crippen molar-refractivity contribution in [3.05, 3.63) is 63.2 Å². The van der Waals surface area contributed by atoms with Crippen molar-refractivity contribution in [1.82, 2.24) is 19.6 Å². The number of nitrogens with zero attached hydrogens (tertiary/aromatic N) is 4. The SMILES string of the molecule is Cc1nn(Cc2ccc(Cl)c(Cl)c2)c(C)c1NC(=O)c1ccn(C(C)C(=O)O)n1. The van der Waals surface area contributed by atoms with Gasteiger partial charge in [-0.3, -0.25) is 14.2 Å². The standard InChI is InChI=1S/C19H19Cl2N5O3/c1-10-17(22-18(27)16-6-7-25(24-16)12(3)19(28)29)11(2)26(23-10)9-13-4-5-14(20)15(21)8-13/h4-8,12H,9H2,1-3H3,(H,22,27)(H,28,29). The number of benzene rings is 1. The summed E-state index contributed by atoms with van der Waals surface area (Å²) >= 11 is 12.0. The van der Waals surface area contributed by atoms with Gasteiger partial charge in [-0.15, -0.1) is 0 Å². The van der Waals surface area contributed by atoms with Gasteiger partial charge in [-0.2, -0.15) is 10.2 Å². The van der Waals surface area contributed by atoms with Gasteiger partial charge in [0.1, 0.15) is 6.04 Å². The fourth-order valence-corrected chi connectivity index (χ4v) is 3.13. The van der Waals surface area contributed by atoms with E-state index in [1.54, 1.807) is 23.7 Å². The third-order valence-corrected chi connectivity index (χ3v) is 5.27. The van der Waals surface area contributed by atoms with E-state index in [9.17, 15) is 9.59 Å². The molecule has 29 heavy (non-hydrogen) atoms. The third kappa shape index (κ3) is 4.44. The molecule has 2 N–H and O–H groups in total. The van der Waals surface area contributed by atoms with Crippen molar-refractivity contribution in [2.24, 2.45) is 0 Å². The van der Waals surface area contributed by atoms with E-state index in [2.05, 4.69) is 15.5 Å². The molecule has 0 saturated heterocycles. The molecular weight excluding hydrogens is 417 g/mol. The van der Waals surface area contributed by atoms with E-state index in [0.29, 0.717) is 28.0 Å². The van der Waals surface area contributed by atoms with E-state index in [0.717, 1.165) is 11.3 Å². The zero-order valence-corrected chi connectivity index (χ0v) is 17.5. The maximum atomic E-state index is 12.6. The number of aromatic nitrogens is 4. The molecule has 2 heterocycles. The van der Waals surface area contributed by atoms with Crippen LogP contribution >= 0.6 is 23.2 Å². The summed E-state index contributed by atoms with van der Waals surface area (Å²) in [5, 5.41) is 21.3. The Hall–Kier alpha value is -2.84. The molecular formula is C19H19Cl2N5O3.